The molecule has 5 heteroatoms. The maximum Gasteiger partial charge on any atom is 0.163 e. The highest BCUT2D eigenvalue weighted by molar-refractivity contribution is 5.86. The van der Waals surface area contributed by atoms with Gasteiger partial charge in [0.05, 0.1) is 11.6 Å². The van der Waals surface area contributed by atoms with Gasteiger partial charge < -0.3 is 4.90 Å². The van der Waals surface area contributed by atoms with Crippen molar-refractivity contribution in [1.82, 2.24) is 19.7 Å². The van der Waals surface area contributed by atoms with Crippen molar-refractivity contribution in [3.63, 3.8) is 0 Å². The van der Waals surface area contributed by atoms with Gasteiger partial charge in [-0.15, -0.1) is 0 Å². The molecule has 0 amide bonds. The lowest BCUT2D eigenvalue weighted by atomic mass is 10.0. The van der Waals surface area contributed by atoms with Crippen molar-refractivity contribution in [3.8, 4) is 0 Å². The number of nitrogens with zero attached hydrogens (tertiary/aromatic N) is 5. The van der Waals surface area contributed by atoms with Crippen LogP contribution in [0.15, 0.2) is 42.9 Å². The summed E-state index contributed by atoms with van der Waals surface area (Å²) in [6.45, 7) is 1.07. The van der Waals surface area contributed by atoms with Crippen LogP contribution >= 0.6 is 0 Å². The van der Waals surface area contributed by atoms with Crippen LogP contribution in [0.1, 0.15) is 24.8 Å². The SMILES string of the molecule is Cn1ncc2c(N3CCCC3CCc3ccccc3)ncnc21. The first-order valence-electron chi connectivity index (χ1n) is 8.26. The van der Waals surface area contributed by atoms with Crippen LogP contribution in [0.4, 0.5) is 5.82 Å². The van der Waals surface area contributed by atoms with Crippen molar-refractivity contribution in [3.05, 3.63) is 48.4 Å². The first-order valence-corrected chi connectivity index (χ1v) is 8.26. The highest BCUT2D eigenvalue weighted by Crippen LogP contribution is 2.31. The Bertz CT molecular complexity index is 796. The van der Waals surface area contributed by atoms with Crippen molar-refractivity contribution in [2.75, 3.05) is 11.4 Å². The molecule has 0 saturated carbocycles. The molecule has 3 aromatic rings. The van der Waals surface area contributed by atoms with Gasteiger partial charge in [-0.3, -0.25) is 4.68 Å². The van der Waals surface area contributed by atoms with Crippen LogP contribution in [-0.4, -0.2) is 32.3 Å². The van der Waals surface area contributed by atoms with Crippen LogP contribution in [0.2, 0.25) is 0 Å². The predicted molar refractivity (Wildman–Crippen MR) is 91.4 cm³/mol. The largest absolute Gasteiger partial charge is 0.353 e. The van der Waals surface area contributed by atoms with Gasteiger partial charge in [-0.05, 0) is 31.2 Å². The lowest BCUT2D eigenvalue weighted by molar-refractivity contribution is 0.607. The predicted octanol–water partition coefficient (Wildman–Crippen LogP) is 2.96. The molecule has 0 aliphatic carbocycles. The minimum Gasteiger partial charge on any atom is -0.353 e. The molecular weight excluding hydrogens is 286 g/mol. The number of hydrogen-bond acceptors (Lipinski definition) is 4. The molecule has 5 nitrogen and oxygen atoms in total. The second-order valence-electron chi connectivity index (χ2n) is 6.22. The lowest BCUT2D eigenvalue weighted by Crippen LogP contribution is -2.30. The summed E-state index contributed by atoms with van der Waals surface area (Å²) in [5.74, 6) is 1.04. The smallest absolute Gasteiger partial charge is 0.163 e. The zero-order chi connectivity index (χ0) is 15.6. The van der Waals surface area contributed by atoms with Crippen molar-refractivity contribution < 1.29 is 0 Å². The van der Waals surface area contributed by atoms with Gasteiger partial charge in [0, 0.05) is 19.6 Å². The normalized spacial score (nSPS) is 18.0. The zero-order valence-corrected chi connectivity index (χ0v) is 13.4. The summed E-state index contributed by atoms with van der Waals surface area (Å²) in [5, 5.41) is 5.39. The highest BCUT2D eigenvalue weighted by Gasteiger charge is 2.27. The molecule has 0 bridgehead atoms. The van der Waals surface area contributed by atoms with Crippen LogP contribution < -0.4 is 4.90 Å². The maximum absolute atomic E-state index is 4.57. The number of hydrogen-bond donors (Lipinski definition) is 0. The Hall–Kier alpha value is -2.43. The quantitative estimate of drug-likeness (QED) is 0.743. The van der Waals surface area contributed by atoms with Crippen LogP contribution in [0.25, 0.3) is 11.0 Å². The van der Waals surface area contributed by atoms with Crippen molar-refractivity contribution in [2.24, 2.45) is 7.05 Å². The van der Waals surface area contributed by atoms with Crippen molar-refractivity contribution >= 4 is 16.9 Å². The van der Waals surface area contributed by atoms with Crippen LogP contribution in [0.5, 0.6) is 0 Å². The molecule has 1 saturated heterocycles. The number of anilines is 1. The molecular formula is C18H21N5. The third-order valence-corrected chi connectivity index (χ3v) is 4.77. The van der Waals surface area contributed by atoms with Gasteiger partial charge >= 0.3 is 0 Å². The minimum absolute atomic E-state index is 0.550. The molecule has 4 rings (SSSR count). The molecule has 0 radical (unpaired) electrons. The van der Waals surface area contributed by atoms with E-state index >= 15 is 0 Å². The molecule has 1 atom stereocenters. The Labute approximate surface area is 136 Å². The Balaban J connectivity index is 1.57. The number of benzene rings is 1. The van der Waals surface area contributed by atoms with E-state index in [-0.39, 0.29) is 0 Å². The molecule has 3 heterocycles. The Morgan fingerprint density at radius 2 is 2.04 bits per heavy atom. The third kappa shape index (κ3) is 2.67. The van der Waals surface area contributed by atoms with E-state index in [0.717, 1.165) is 36.2 Å². The molecule has 1 aliphatic heterocycles. The minimum atomic E-state index is 0.550. The topological polar surface area (TPSA) is 46.8 Å². The van der Waals surface area contributed by atoms with Gasteiger partial charge in [0.1, 0.15) is 12.1 Å². The molecule has 0 N–H and O–H groups in total. The summed E-state index contributed by atoms with van der Waals surface area (Å²) >= 11 is 0. The second-order valence-corrected chi connectivity index (χ2v) is 6.22. The fraction of sp³-hybridized carbons (Fsp3) is 0.389. The molecule has 1 fully saturated rings. The van der Waals surface area contributed by atoms with Gasteiger partial charge in [-0.25, -0.2) is 9.97 Å². The average Bonchev–Trinajstić information content (AvgIpc) is 3.21. The van der Waals surface area contributed by atoms with E-state index in [1.165, 1.54) is 18.4 Å². The summed E-state index contributed by atoms with van der Waals surface area (Å²) in [5.41, 5.74) is 2.32. The number of fused-ring (bicyclic) bond motifs is 1. The third-order valence-electron chi connectivity index (χ3n) is 4.77. The van der Waals surface area contributed by atoms with Crippen LogP contribution in [0, 0.1) is 0 Å². The van der Waals surface area contributed by atoms with E-state index in [2.05, 4.69) is 50.3 Å². The summed E-state index contributed by atoms with van der Waals surface area (Å²) < 4.78 is 1.82. The standard InChI is InChI=1S/C18H21N5/c1-22-17-16(12-21-22)18(20-13-19-17)23-11-5-8-15(23)10-9-14-6-3-2-4-7-14/h2-4,6-7,12-13,15H,5,8-11H2,1H3. The summed E-state index contributed by atoms with van der Waals surface area (Å²) in [6, 6.07) is 11.3. The molecule has 1 aliphatic rings. The van der Waals surface area contributed by atoms with Gasteiger partial charge in [-0.2, -0.15) is 5.10 Å². The van der Waals surface area contributed by atoms with E-state index < -0.39 is 0 Å². The van der Waals surface area contributed by atoms with E-state index in [1.54, 1.807) is 6.33 Å². The van der Waals surface area contributed by atoms with Crippen molar-refractivity contribution in [2.45, 2.75) is 31.7 Å². The van der Waals surface area contributed by atoms with E-state index in [1.807, 2.05) is 17.9 Å². The van der Waals surface area contributed by atoms with Crippen LogP contribution in [0.3, 0.4) is 0 Å². The van der Waals surface area contributed by atoms with E-state index in [4.69, 9.17) is 0 Å². The first kappa shape index (κ1) is 14.2. The Morgan fingerprint density at radius 1 is 1.17 bits per heavy atom. The van der Waals surface area contributed by atoms with Gasteiger partial charge in [0.25, 0.3) is 0 Å². The molecule has 1 unspecified atom stereocenters. The van der Waals surface area contributed by atoms with Gasteiger partial charge in [0.2, 0.25) is 0 Å². The van der Waals surface area contributed by atoms with Crippen LogP contribution in [-0.2, 0) is 13.5 Å². The molecule has 1 aromatic carbocycles. The monoisotopic (exact) mass is 307 g/mol. The summed E-state index contributed by atoms with van der Waals surface area (Å²) in [7, 11) is 1.93. The average molecular weight is 307 g/mol. The molecule has 23 heavy (non-hydrogen) atoms. The number of rotatable bonds is 4. The Morgan fingerprint density at radius 3 is 2.91 bits per heavy atom. The van der Waals surface area contributed by atoms with E-state index in [9.17, 15) is 0 Å². The van der Waals surface area contributed by atoms with E-state index in [0.29, 0.717) is 6.04 Å². The summed E-state index contributed by atoms with van der Waals surface area (Å²) in [4.78, 5) is 11.4. The van der Waals surface area contributed by atoms with Crippen molar-refractivity contribution in [1.29, 1.82) is 0 Å². The fourth-order valence-electron chi connectivity index (χ4n) is 3.57. The maximum atomic E-state index is 4.57. The second kappa shape index (κ2) is 5.99. The number of aromatic nitrogens is 4. The first-order chi connectivity index (χ1) is 11.3. The molecule has 118 valence electrons. The van der Waals surface area contributed by atoms with Gasteiger partial charge in [0.15, 0.2) is 5.65 Å². The molecule has 0 spiro atoms. The van der Waals surface area contributed by atoms with Gasteiger partial charge in [-0.1, -0.05) is 30.3 Å². The number of aryl methyl sites for hydroxylation is 2. The highest BCUT2D eigenvalue weighted by atomic mass is 15.3. The zero-order valence-electron chi connectivity index (χ0n) is 13.4. The fourth-order valence-corrected chi connectivity index (χ4v) is 3.57. The lowest BCUT2D eigenvalue weighted by Gasteiger charge is -2.26. The Kier molecular flexibility index (Phi) is 3.69. The molecule has 2 aromatic heterocycles. The summed E-state index contributed by atoms with van der Waals surface area (Å²) in [6.07, 6.45) is 8.28.